The second-order valence-electron chi connectivity index (χ2n) is 3.79. The van der Waals surface area contributed by atoms with Crippen LogP contribution in [0, 0.1) is 11.6 Å². The largest absolute Gasteiger partial charge is 0.320 e. The normalized spacial score (nSPS) is 12.5. The SMILES string of the molecule is NC(c1cc(Cl)ccc1F)c1cccc(Br)c1F. The molecule has 1 nitrogen and oxygen atoms in total. The van der Waals surface area contributed by atoms with E-state index < -0.39 is 17.7 Å². The Morgan fingerprint density at radius 1 is 1.11 bits per heavy atom. The number of hydrogen-bond donors (Lipinski definition) is 1. The van der Waals surface area contributed by atoms with E-state index in [1.54, 1.807) is 12.1 Å². The van der Waals surface area contributed by atoms with Gasteiger partial charge >= 0.3 is 0 Å². The van der Waals surface area contributed by atoms with Crippen molar-refractivity contribution in [1.29, 1.82) is 0 Å². The van der Waals surface area contributed by atoms with E-state index in [4.69, 9.17) is 17.3 Å². The van der Waals surface area contributed by atoms with Crippen molar-refractivity contribution in [2.24, 2.45) is 5.73 Å². The topological polar surface area (TPSA) is 26.0 Å². The van der Waals surface area contributed by atoms with Crippen molar-refractivity contribution in [3.05, 3.63) is 68.7 Å². The minimum absolute atomic E-state index is 0.166. The average molecular weight is 333 g/mol. The van der Waals surface area contributed by atoms with Gasteiger partial charge in [0.05, 0.1) is 10.5 Å². The van der Waals surface area contributed by atoms with E-state index in [0.717, 1.165) is 0 Å². The predicted molar refractivity (Wildman–Crippen MR) is 71.5 cm³/mol. The molecule has 0 spiro atoms. The van der Waals surface area contributed by atoms with E-state index in [1.807, 2.05) is 0 Å². The molecule has 18 heavy (non-hydrogen) atoms. The molecule has 94 valence electrons. The summed E-state index contributed by atoms with van der Waals surface area (Å²) in [5, 5.41) is 0.359. The summed E-state index contributed by atoms with van der Waals surface area (Å²) in [6.07, 6.45) is 0. The number of hydrogen-bond acceptors (Lipinski definition) is 1. The zero-order valence-electron chi connectivity index (χ0n) is 9.13. The first-order valence-corrected chi connectivity index (χ1v) is 6.32. The molecule has 1 unspecified atom stereocenters. The lowest BCUT2D eigenvalue weighted by Gasteiger charge is -2.15. The van der Waals surface area contributed by atoms with Crippen molar-refractivity contribution < 1.29 is 8.78 Å². The van der Waals surface area contributed by atoms with Crippen LogP contribution in [0.1, 0.15) is 17.2 Å². The van der Waals surface area contributed by atoms with Gasteiger partial charge in [0, 0.05) is 16.1 Å². The molecule has 0 saturated heterocycles. The second kappa shape index (κ2) is 5.34. The standard InChI is InChI=1S/C13H9BrClF2N/c14-10-3-1-2-8(12(10)17)13(18)9-6-7(15)4-5-11(9)16/h1-6,13H,18H2. The van der Waals surface area contributed by atoms with Gasteiger partial charge in [0.25, 0.3) is 0 Å². The third-order valence-electron chi connectivity index (χ3n) is 2.61. The van der Waals surface area contributed by atoms with Crippen LogP contribution in [0.3, 0.4) is 0 Å². The Morgan fingerprint density at radius 2 is 1.83 bits per heavy atom. The van der Waals surface area contributed by atoms with Crippen LogP contribution in [0.5, 0.6) is 0 Å². The molecule has 0 aromatic heterocycles. The fourth-order valence-corrected chi connectivity index (χ4v) is 2.24. The van der Waals surface area contributed by atoms with Gasteiger partial charge in [-0.25, -0.2) is 8.78 Å². The quantitative estimate of drug-likeness (QED) is 0.865. The molecule has 0 aliphatic rings. The summed E-state index contributed by atoms with van der Waals surface area (Å²) < 4.78 is 27.8. The van der Waals surface area contributed by atoms with Crippen LogP contribution < -0.4 is 5.73 Å². The van der Waals surface area contributed by atoms with Crippen molar-refractivity contribution in [1.82, 2.24) is 0 Å². The Balaban J connectivity index is 2.51. The van der Waals surface area contributed by atoms with Crippen LogP contribution in [0.25, 0.3) is 0 Å². The first-order valence-electron chi connectivity index (χ1n) is 5.15. The van der Waals surface area contributed by atoms with Gasteiger partial charge < -0.3 is 5.73 Å². The highest BCUT2D eigenvalue weighted by Crippen LogP contribution is 2.29. The minimum atomic E-state index is -0.902. The highest BCUT2D eigenvalue weighted by atomic mass is 79.9. The maximum atomic E-state index is 13.9. The molecule has 0 amide bonds. The lowest BCUT2D eigenvalue weighted by molar-refractivity contribution is 0.572. The van der Waals surface area contributed by atoms with Gasteiger partial charge in [-0.05, 0) is 40.2 Å². The average Bonchev–Trinajstić information content (AvgIpc) is 2.35. The summed E-state index contributed by atoms with van der Waals surface area (Å²) in [7, 11) is 0. The first kappa shape index (κ1) is 13.5. The van der Waals surface area contributed by atoms with Gasteiger partial charge in [-0.1, -0.05) is 23.7 Å². The predicted octanol–water partition coefficient (Wildman–Crippen LogP) is 4.43. The molecule has 0 fully saturated rings. The smallest absolute Gasteiger partial charge is 0.142 e. The fraction of sp³-hybridized carbons (Fsp3) is 0.0769. The molecule has 1 atom stereocenters. The number of rotatable bonds is 2. The van der Waals surface area contributed by atoms with Gasteiger partial charge in [0.1, 0.15) is 11.6 Å². The molecule has 2 N–H and O–H groups in total. The van der Waals surface area contributed by atoms with Crippen molar-refractivity contribution in [2.75, 3.05) is 0 Å². The summed E-state index contributed by atoms with van der Waals surface area (Å²) in [5.74, 6) is -1.00. The summed E-state index contributed by atoms with van der Waals surface area (Å²) in [6.45, 7) is 0. The van der Waals surface area contributed by atoms with Crippen molar-refractivity contribution in [3.63, 3.8) is 0 Å². The third kappa shape index (κ3) is 2.55. The molecular formula is C13H9BrClF2N. The molecule has 5 heteroatoms. The van der Waals surface area contributed by atoms with E-state index in [9.17, 15) is 8.78 Å². The number of benzene rings is 2. The van der Waals surface area contributed by atoms with Gasteiger partial charge in [-0.3, -0.25) is 0 Å². The van der Waals surface area contributed by atoms with E-state index in [1.165, 1.54) is 24.3 Å². The van der Waals surface area contributed by atoms with Crippen LogP contribution in [0.4, 0.5) is 8.78 Å². The molecule has 0 aliphatic heterocycles. The monoisotopic (exact) mass is 331 g/mol. The lowest BCUT2D eigenvalue weighted by Crippen LogP contribution is -2.15. The molecule has 0 saturated carbocycles. The van der Waals surface area contributed by atoms with Crippen LogP contribution >= 0.6 is 27.5 Å². The Hall–Kier alpha value is -0.970. The summed E-state index contributed by atoms with van der Waals surface area (Å²) >= 11 is 8.86. The molecule has 0 aliphatic carbocycles. The fourth-order valence-electron chi connectivity index (χ4n) is 1.68. The zero-order valence-corrected chi connectivity index (χ0v) is 11.5. The minimum Gasteiger partial charge on any atom is -0.320 e. The van der Waals surface area contributed by atoms with Crippen LogP contribution in [0.2, 0.25) is 5.02 Å². The van der Waals surface area contributed by atoms with Crippen LogP contribution in [-0.4, -0.2) is 0 Å². The molecule has 2 rings (SSSR count). The molecule has 0 radical (unpaired) electrons. The number of halogens is 4. The Morgan fingerprint density at radius 3 is 2.56 bits per heavy atom. The molecule has 0 heterocycles. The Labute approximate surface area is 117 Å². The maximum Gasteiger partial charge on any atom is 0.142 e. The highest BCUT2D eigenvalue weighted by molar-refractivity contribution is 9.10. The van der Waals surface area contributed by atoms with Gasteiger partial charge in [-0.15, -0.1) is 0 Å². The lowest BCUT2D eigenvalue weighted by atomic mass is 9.99. The molecule has 2 aromatic carbocycles. The van der Waals surface area contributed by atoms with Crippen molar-refractivity contribution in [3.8, 4) is 0 Å². The maximum absolute atomic E-state index is 13.9. The Bertz CT molecular complexity index is 587. The van der Waals surface area contributed by atoms with Crippen LogP contribution in [0.15, 0.2) is 40.9 Å². The highest BCUT2D eigenvalue weighted by Gasteiger charge is 2.18. The van der Waals surface area contributed by atoms with Crippen molar-refractivity contribution in [2.45, 2.75) is 6.04 Å². The first-order chi connectivity index (χ1) is 8.50. The van der Waals surface area contributed by atoms with Crippen molar-refractivity contribution >= 4 is 27.5 Å². The van der Waals surface area contributed by atoms with E-state index in [0.29, 0.717) is 5.02 Å². The zero-order chi connectivity index (χ0) is 13.3. The van der Waals surface area contributed by atoms with Gasteiger partial charge in [-0.2, -0.15) is 0 Å². The van der Waals surface area contributed by atoms with Gasteiger partial charge in [0.15, 0.2) is 0 Å². The van der Waals surface area contributed by atoms with E-state index >= 15 is 0 Å². The number of nitrogens with two attached hydrogens (primary N) is 1. The van der Waals surface area contributed by atoms with Gasteiger partial charge in [0.2, 0.25) is 0 Å². The van der Waals surface area contributed by atoms with E-state index in [-0.39, 0.29) is 15.6 Å². The molecule has 0 bridgehead atoms. The third-order valence-corrected chi connectivity index (χ3v) is 3.46. The molecular weight excluding hydrogens is 324 g/mol. The summed E-state index contributed by atoms with van der Waals surface area (Å²) in [6, 6.07) is 7.86. The molecule has 2 aromatic rings. The summed E-state index contributed by atoms with van der Waals surface area (Å²) in [4.78, 5) is 0. The second-order valence-corrected chi connectivity index (χ2v) is 5.08. The Kier molecular flexibility index (Phi) is 4.00. The van der Waals surface area contributed by atoms with Crippen LogP contribution in [-0.2, 0) is 0 Å². The van der Waals surface area contributed by atoms with E-state index in [2.05, 4.69) is 15.9 Å². The summed E-state index contributed by atoms with van der Waals surface area (Å²) in [5.41, 5.74) is 6.28.